The molecule has 4 nitrogen and oxygen atoms in total. The van der Waals surface area contributed by atoms with E-state index < -0.39 is 0 Å². The number of methoxy groups -OCH3 is 1. The van der Waals surface area contributed by atoms with E-state index in [9.17, 15) is 0 Å². The first kappa shape index (κ1) is 15.0. The largest absolute Gasteiger partial charge is 0.497 e. The summed E-state index contributed by atoms with van der Waals surface area (Å²) in [6.07, 6.45) is 0.197. The summed E-state index contributed by atoms with van der Waals surface area (Å²) in [4.78, 5) is 4.78. The first-order valence-electron chi connectivity index (χ1n) is 7.88. The predicted molar refractivity (Wildman–Crippen MR) is 98.1 cm³/mol. The van der Waals surface area contributed by atoms with Gasteiger partial charge in [-0.25, -0.2) is 4.98 Å². The lowest BCUT2D eigenvalue weighted by atomic mass is 10.1. The fraction of sp³-hybridized carbons (Fsp3) is 0.211. The van der Waals surface area contributed by atoms with Gasteiger partial charge in [0.1, 0.15) is 22.6 Å². The number of rotatable bonds is 3. The van der Waals surface area contributed by atoms with Crippen LogP contribution in [0.15, 0.2) is 47.8 Å². The Labute approximate surface area is 145 Å². The molecule has 0 saturated heterocycles. The number of thiazole rings is 1. The van der Waals surface area contributed by atoms with Crippen molar-refractivity contribution >= 4 is 17.0 Å². The number of fused-ring (bicyclic) bond motifs is 1. The maximum atomic E-state index is 5.83. The molecule has 0 saturated carbocycles. The molecular weight excluding hydrogens is 320 g/mol. The van der Waals surface area contributed by atoms with Crippen LogP contribution in [0.2, 0.25) is 0 Å². The minimum atomic E-state index is 0.197. The van der Waals surface area contributed by atoms with Crippen molar-refractivity contribution < 1.29 is 9.47 Å². The molecule has 1 unspecified atom stereocenters. The zero-order valence-electron chi connectivity index (χ0n) is 13.6. The van der Waals surface area contributed by atoms with Gasteiger partial charge in [0.25, 0.3) is 0 Å². The van der Waals surface area contributed by atoms with E-state index in [4.69, 9.17) is 14.5 Å². The van der Waals surface area contributed by atoms with Gasteiger partial charge < -0.3 is 14.8 Å². The standard InChI is InChI=1S/C19H18N2O2S/c1-12-10-20-16-9-14(6-7-18(16)23-12)19-21-17(11-24-19)13-4-3-5-15(8-13)22-2/h3-9,11-12,20H,10H2,1-2H3. The summed E-state index contributed by atoms with van der Waals surface area (Å²) in [5.41, 5.74) is 4.15. The molecule has 2 heterocycles. The zero-order valence-corrected chi connectivity index (χ0v) is 14.4. The SMILES string of the molecule is COc1cccc(-c2csc(-c3ccc4c(c3)NCC(C)O4)n2)c1. The lowest BCUT2D eigenvalue weighted by Crippen LogP contribution is -2.27. The van der Waals surface area contributed by atoms with Crippen molar-refractivity contribution in [2.24, 2.45) is 0 Å². The van der Waals surface area contributed by atoms with Gasteiger partial charge >= 0.3 is 0 Å². The third-order valence-corrected chi connectivity index (χ3v) is 4.90. The number of nitrogens with zero attached hydrogens (tertiary/aromatic N) is 1. The predicted octanol–water partition coefficient (Wildman–Crippen LogP) is 4.68. The van der Waals surface area contributed by atoms with Crippen LogP contribution in [-0.4, -0.2) is 24.7 Å². The van der Waals surface area contributed by atoms with Crippen LogP contribution in [0, 0.1) is 0 Å². The van der Waals surface area contributed by atoms with Crippen molar-refractivity contribution in [1.82, 2.24) is 4.98 Å². The second-order valence-electron chi connectivity index (χ2n) is 5.79. The first-order valence-corrected chi connectivity index (χ1v) is 8.76. The summed E-state index contributed by atoms with van der Waals surface area (Å²) in [6, 6.07) is 14.1. The Morgan fingerprint density at radius 2 is 2.12 bits per heavy atom. The third-order valence-electron chi connectivity index (χ3n) is 4.00. The molecule has 1 N–H and O–H groups in total. The molecule has 3 aromatic rings. The Morgan fingerprint density at radius 1 is 1.21 bits per heavy atom. The van der Waals surface area contributed by atoms with Crippen LogP contribution in [0.3, 0.4) is 0 Å². The Balaban J connectivity index is 1.65. The van der Waals surface area contributed by atoms with Crippen molar-refractivity contribution in [3.05, 3.63) is 47.8 Å². The van der Waals surface area contributed by atoms with Gasteiger partial charge in [-0.1, -0.05) is 12.1 Å². The molecule has 0 spiro atoms. The van der Waals surface area contributed by atoms with E-state index in [0.29, 0.717) is 0 Å². The summed E-state index contributed by atoms with van der Waals surface area (Å²) < 4.78 is 11.1. The second-order valence-corrected chi connectivity index (χ2v) is 6.65. The van der Waals surface area contributed by atoms with Crippen molar-refractivity contribution in [3.63, 3.8) is 0 Å². The van der Waals surface area contributed by atoms with Crippen molar-refractivity contribution in [2.45, 2.75) is 13.0 Å². The van der Waals surface area contributed by atoms with E-state index in [1.54, 1.807) is 18.4 Å². The Kier molecular flexibility index (Phi) is 3.86. The van der Waals surface area contributed by atoms with Gasteiger partial charge in [0.2, 0.25) is 0 Å². The minimum Gasteiger partial charge on any atom is -0.497 e. The summed E-state index contributed by atoms with van der Waals surface area (Å²) in [5.74, 6) is 1.74. The topological polar surface area (TPSA) is 43.4 Å². The molecule has 0 amide bonds. The van der Waals surface area contributed by atoms with E-state index in [2.05, 4.69) is 29.8 Å². The second kappa shape index (κ2) is 6.17. The van der Waals surface area contributed by atoms with Gasteiger partial charge in [0, 0.05) is 16.5 Å². The Bertz CT molecular complexity index is 875. The highest BCUT2D eigenvalue weighted by Gasteiger charge is 2.16. The van der Waals surface area contributed by atoms with Gasteiger partial charge in [-0.3, -0.25) is 0 Å². The average Bonchev–Trinajstić information content (AvgIpc) is 3.11. The highest BCUT2D eigenvalue weighted by molar-refractivity contribution is 7.13. The van der Waals surface area contributed by atoms with Crippen LogP contribution in [0.25, 0.3) is 21.8 Å². The van der Waals surface area contributed by atoms with Crippen LogP contribution in [-0.2, 0) is 0 Å². The average molecular weight is 338 g/mol. The number of benzene rings is 2. The molecule has 0 radical (unpaired) electrons. The van der Waals surface area contributed by atoms with E-state index in [-0.39, 0.29) is 6.10 Å². The third kappa shape index (κ3) is 2.83. The maximum absolute atomic E-state index is 5.83. The Morgan fingerprint density at radius 3 is 3.00 bits per heavy atom. The number of aromatic nitrogens is 1. The number of hydrogen-bond acceptors (Lipinski definition) is 5. The lowest BCUT2D eigenvalue weighted by Gasteiger charge is -2.25. The van der Waals surface area contributed by atoms with Crippen LogP contribution in [0.1, 0.15) is 6.92 Å². The molecule has 4 rings (SSSR count). The molecule has 5 heteroatoms. The smallest absolute Gasteiger partial charge is 0.142 e. The van der Waals surface area contributed by atoms with Gasteiger partial charge in [0.05, 0.1) is 25.0 Å². The monoisotopic (exact) mass is 338 g/mol. The van der Waals surface area contributed by atoms with Gasteiger partial charge in [-0.05, 0) is 37.3 Å². The quantitative estimate of drug-likeness (QED) is 0.753. The fourth-order valence-electron chi connectivity index (χ4n) is 2.74. The highest BCUT2D eigenvalue weighted by Crippen LogP contribution is 2.36. The molecular formula is C19H18N2O2S. The molecule has 1 aromatic heterocycles. The summed E-state index contributed by atoms with van der Waals surface area (Å²) >= 11 is 1.64. The molecule has 24 heavy (non-hydrogen) atoms. The van der Waals surface area contributed by atoms with Crippen LogP contribution in [0.4, 0.5) is 5.69 Å². The zero-order chi connectivity index (χ0) is 16.5. The number of anilines is 1. The molecule has 122 valence electrons. The highest BCUT2D eigenvalue weighted by atomic mass is 32.1. The Hall–Kier alpha value is -2.53. The number of hydrogen-bond donors (Lipinski definition) is 1. The first-order chi connectivity index (χ1) is 11.7. The van der Waals surface area contributed by atoms with E-state index >= 15 is 0 Å². The van der Waals surface area contributed by atoms with Crippen molar-refractivity contribution in [3.8, 4) is 33.3 Å². The van der Waals surface area contributed by atoms with Crippen molar-refractivity contribution in [1.29, 1.82) is 0 Å². The van der Waals surface area contributed by atoms with E-state index in [1.165, 1.54) is 0 Å². The van der Waals surface area contributed by atoms with Crippen LogP contribution >= 0.6 is 11.3 Å². The van der Waals surface area contributed by atoms with Crippen LogP contribution < -0.4 is 14.8 Å². The molecule has 1 atom stereocenters. The van der Waals surface area contributed by atoms with Gasteiger partial charge in [-0.2, -0.15) is 0 Å². The summed E-state index contributed by atoms with van der Waals surface area (Å²) in [7, 11) is 1.68. The molecule has 0 fully saturated rings. The maximum Gasteiger partial charge on any atom is 0.142 e. The number of nitrogens with one attached hydrogen (secondary N) is 1. The molecule has 1 aliphatic heterocycles. The summed E-state index contributed by atoms with van der Waals surface area (Å²) in [5, 5.41) is 6.49. The molecule has 0 aliphatic carbocycles. The summed E-state index contributed by atoms with van der Waals surface area (Å²) in [6.45, 7) is 2.88. The van der Waals surface area contributed by atoms with Crippen molar-refractivity contribution in [2.75, 3.05) is 19.0 Å². The molecule has 0 bridgehead atoms. The normalized spacial score (nSPS) is 16.0. The lowest BCUT2D eigenvalue weighted by molar-refractivity contribution is 0.226. The van der Waals surface area contributed by atoms with Gasteiger partial charge in [0.15, 0.2) is 0 Å². The number of ether oxygens (including phenoxy) is 2. The van der Waals surface area contributed by atoms with E-state index in [1.807, 2.05) is 30.3 Å². The molecule has 2 aromatic carbocycles. The van der Waals surface area contributed by atoms with E-state index in [0.717, 1.165) is 45.6 Å². The van der Waals surface area contributed by atoms with Crippen LogP contribution in [0.5, 0.6) is 11.5 Å². The fourth-order valence-corrected chi connectivity index (χ4v) is 3.56. The minimum absolute atomic E-state index is 0.197. The van der Waals surface area contributed by atoms with Gasteiger partial charge in [-0.15, -0.1) is 11.3 Å². The molecule has 1 aliphatic rings.